The number of aromatic amines is 3. The van der Waals surface area contributed by atoms with Gasteiger partial charge in [0.05, 0.1) is 73.4 Å². The minimum Gasteiger partial charge on any atom is -0.480 e. The van der Waals surface area contributed by atoms with Crippen molar-refractivity contribution < 1.29 is 58.5 Å². The topological polar surface area (TPSA) is 833 Å². The van der Waals surface area contributed by atoms with Crippen molar-refractivity contribution in [2.24, 2.45) is 34.4 Å². The Hall–Kier alpha value is -16.4. The molecular formula is C93H135N39O12. The second-order valence-corrected chi connectivity index (χ2v) is 34.9. The molecule has 0 spiro atoms. The molecule has 51 nitrogen and oxygen atoms in total. The van der Waals surface area contributed by atoms with Gasteiger partial charge in [0.15, 0.2) is 35.8 Å². The molecule has 0 bridgehead atoms. The summed E-state index contributed by atoms with van der Waals surface area (Å²) < 4.78 is 5.04. The number of benzene rings is 4. The first-order valence-electron chi connectivity index (χ1n) is 47.8. The van der Waals surface area contributed by atoms with Crippen LogP contribution in [0.25, 0.3) is 32.7 Å². The predicted octanol–water partition coefficient (Wildman–Crippen LogP) is -1.42. The van der Waals surface area contributed by atoms with Gasteiger partial charge in [0.1, 0.15) is 36.3 Å². The molecule has 0 radical (unpaired) electrons. The summed E-state index contributed by atoms with van der Waals surface area (Å²) in [6, 6.07) is 11.0. The number of rotatable bonds is 63. The Kier molecular flexibility index (Phi) is 41.9. The number of nitrogens with zero attached hydrogens (tertiary/aromatic N) is 9. The number of guanidine groups is 6. The number of amides is 6. The lowest BCUT2D eigenvalue weighted by atomic mass is 9.83. The second-order valence-electron chi connectivity index (χ2n) is 34.9. The van der Waals surface area contributed by atoms with E-state index in [-0.39, 0.29) is 191 Å². The van der Waals surface area contributed by atoms with E-state index in [1.165, 1.54) is 0 Å². The maximum Gasteiger partial charge on any atom is 0.326 e. The zero-order valence-corrected chi connectivity index (χ0v) is 80.8. The van der Waals surface area contributed by atoms with Crippen molar-refractivity contribution in [1.82, 2.24) is 140 Å². The van der Waals surface area contributed by atoms with E-state index in [9.17, 15) is 58.5 Å². The zero-order valence-electron chi connectivity index (χ0n) is 80.8. The number of aliphatic carboxylic acids is 3. The molecule has 51 heteroatoms. The van der Waals surface area contributed by atoms with Crippen LogP contribution < -0.4 is 114 Å². The molecule has 0 aliphatic heterocycles. The number of carboxylic acid groups (broad SMARTS) is 3. The first-order valence-corrected chi connectivity index (χ1v) is 47.8. The molecule has 0 saturated carbocycles. The van der Waals surface area contributed by atoms with E-state index in [0.717, 1.165) is 66.1 Å². The van der Waals surface area contributed by atoms with E-state index in [2.05, 4.69) is 126 Å². The third kappa shape index (κ3) is 33.4. The summed E-state index contributed by atoms with van der Waals surface area (Å²) in [7, 11) is 0. The predicted molar refractivity (Wildman–Crippen MR) is 539 cm³/mol. The summed E-state index contributed by atoms with van der Waals surface area (Å²) in [5, 5.41) is 150. The van der Waals surface area contributed by atoms with Crippen molar-refractivity contribution in [2.75, 3.05) is 39.3 Å². The van der Waals surface area contributed by atoms with Crippen molar-refractivity contribution >= 4 is 122 Å². The highest BCUT2D eigenvalue weighted by Crippen LogP contribution is 2.34. The van der Waals surface area contributed by atoms with Crippen LogP contribution in [0.3, 0.4) is 0 Å². The van der Waals surface area contributed by atoms with Gasteiger partial charge in [-0.1, -0.05) is 91.0 Å². The second kappa shape index (κ2) is 55.0. The number of aromatic nitrogens is 12. The average Bonchev–Trinajstić information content (AvgIpc) is 0.971. The van der Waals surface area contributed by atoms with Crippen LogP contribution in [0, 0.1) is 32.5 Å². The molecule has 0 saturated heterocycles. The maximum absolute atomic E-state index is 15.0. The molecule has 9 atom stereocenters. The molecule has 0 unspecified atom stereocenters. The molecule has 6 amide bonds. The lowest BCUT2D eigenvalue weighted by molar-refractivity contribution is -0.143. The van der Waals surface area contributed by atoms with E-state index >= 15 is 0 Å². The Morgan fingerprint density at radius 1 is 0.319 bits per heavy atom. The third-order valence-electron chi connectivity index (χ3n) is 24.5. The highest BCUT2D eigenvalue weighted by Gasteiger charge is 2.36. The zero-order chi connectivity index (χ0) is 104. The normalized spacial score (nSPS) is 13.2. The first-order chi connectivity index (χ1) is 69.1. The maximum atomic E-state index is 15.0. The molecule has 6 aromatic heterocycles. The van der Waals surface area contributed by atoms with Gasteiger partial charge >= 0.3 is 17.9 Å². The molecule has 0 fully saturated rings. The van der Waals surface area contributed by atoms with Gasteiger partial charge in [-0.3, -0.25) is 61.2 Å². The number of para-hydroxylation sites is 3. The summed E-state index contributed by atoms with van der Waals surface area (Å²) >= 11 is 0. The molecule has 774 valence electrons. The van der Waals surface area contributed by atoms with Gasteiger partial charge in [-0.2, -0.15) is 0 Å². The van der Waals surface area contributed by atoms with E-state index in [4.69, 9.17) is 66.9 Å². The minimum absolute atomic E-state index is 0.0356. The fourth-order valence-corrected chi connectivity index (χ4v) is 17.4. The summed E-state index contributed by atoms with van der Waals surface area (Å²) in [5.74, 6) is -9.86. The minimum atomic E-state index is -1.38. The van der Waals surface area contributed by atoms with Crippen LogP contribution in [0.15, 0.2) is 110 Å². The number of hydrogen-bond acceptors (Lipinski definition) is 24. The molecular weight excluding hydrogens is 1860 g/mol. The number of fused-ring (bicyclic) bond motifs is 3. The van der Waals surface area contributed by atoms with E-state index < -0.39 is 108 Å². The number of carbonyl (C=O) groups is 9. The van der Waals surface area contributed by atoms with Crippen LogP contribution in [0.2, 0.25) is 0 Å². The Morgan fingerprint density at radius 3 is 0.757 bits per heavy atom. The fraction of sp³-hybridized carbons (Fsp3) is 0.452. The molecule has 4 aromatic carbocycles. The number of carboxylic acids is 3. The molecule has 144 heavy (non-hydrogen) atoms. The monoisotopic (exact) mass is 1990 g/mol. The summed E-state index contributed by atoms with van der Waals surface area (Å²) in [6.07, 6.45) is 13.6. The van der Waals surface area contributed by atoms with Gasteiger partial charge in [0, 0.05) is 129 Å². The number of carbonyl (C=O) groups excluding carboxylic acids is 6. The van der Waals surface area contributed by atoms with Crippen molar-refractivity contribution in [3.05, 3.63) is 177 Å². The van der Waals surface area contributed by atoms with Crippen LogP contribution >= 0.6 is 0 Å². The SMILES string of the molecule is CCc1c(Cn2cc(CN[C@@H](CCCNC(=N)N)C(=O)N[C@@H](Cc3c[nH]c4ccccc34)C(=O)N[C@@H](CCCNC(=N)N)C(=O)O)nn2)c(CC)c(Cn2cc(CN[C@@H](CCCNC(=N)N)C(=O)N[C@@H](Cc3c[nH]c4ccccc34)C(=O)N[C@@H](CCCNC(=N)N)C(=O)O)nn2)c(CC)c1Cn1cc(CN[C@@H](CCCNC(=N)N)C(=O)N[C@@H](Cc2c[nH]c3ccccc23)C(=O)N[C@@H](CCCNC(=N)N)C(=O)O)nn1. The Labute approximate surface area is 829 Å². The van der Waals surface area contributed by atoms with E-state index in [1.807, 2.05) is 93.6 Å². The average molecular weight is 1990 g/mol. The van der Waals surface area contributed by atoms with E-state index in [1.54, 1.807) is 51.2 Å². The summed E-state index contributed by atoms with van der Waals surface area (Å²) in [5.41, 5.74) is 44.4. The number of nitrogens with two attached hydrogens (primary N) is 6. The third-order valence-corrected chi connectivity index (χ3v) is 24.5. The quantitative estimate of drug-likeness (QED) is 0.0118. The van der Waals surface area contributed by atoms with Gasteiger partial charge in [-0.25, -0.2) is 28.4 Å². The fourth-order valence-electron chi connectivity index (χ4n) is 17.4. The van der Waals surface area contributed by atoms with Gasteiger partial charge in [-0.15, -0.1) is 15.3 Å². The van der Waals surface area contributed by atoms with Crippen LogP contribution in [-0.4, -0.2) is 258 Å². The van der Waals surface area contributed by atoms with Gasteiger partial charge in [0.2, 0.25) is 35.4 Å². The lowest BCUT2D eigenvalue weighted by Gasteiger charge is -2.26. The number of nitrogens with one attached hydrogen (secondary N) is 24. The van der Waals surface area contributed by atoms with Crippen molar-refractivity contribution in [3.63, 3.8) is 0 Å². The van der Waals surface area contributed by atoms with Gasteiger partial charge in [-0.05, 0) is 165 Å². The lowest BCUT2D eigenvalue weighted by Crippen LogP contribution is -2.56. The number of H-pyrrole nitrogens is 3. The van der Waals surface area contributed by atoms with Gasteiger partial charge in [0.25, 0.3) is 0 Å². The first kappa shape index (κ1) is 110. The van der Waals surface area contributed by atoms with Crippen molar-refractivity contribution in [3.8, 4) is 0 Å². The molecule has 10 aromatic rings. The Morgan fingerprint density at radius 2 is 0.535 bits per heavy atom. The van der Waals surface area contributed by atoms with Gasteiger partial charge < -0.3 is 144 Å². The highest BCUT2D eigenvalue weighted by atomic mass is 16.4. The van der Waals surface area contributed by atoms with Crippen LogP contribution in [0.5, 0.6) is 0 Å². The molecule has 39 N–H and O–H groups in total. The molecule has 10 rings (SSSR count). The Bertz CT molecular complexity index is 5500. The highest BCUT2D eigenvalue weighted by molar-refractivity contribution is 5.96. The van der Waals surface area contributed by atoms with Crippen LogP contribution in [0.1, 0.15) is 165 Å². The van der Waals surface area contributed by atoms with Crippen molar-refractivity contribution in [2.45, 2.75) is 230 Å². The Balaban J connectivity index is 0.967. The summed E-state index contributed by atoms with van der Waals surface area (Å²) in [6.45, 7) is 7.49. The largest absolute Gasteiger partial charge is 0.480 e. The van der Waals surface area contributed by atoms with Crippen molar-refractivity contribution in [1.29, 1.82) is 32.5 Å². The smallest absolute Gasteiger partial charge is 0.326 e. The molecule has 6 heterocycles. The summed E-state index contributed by atoms with van der Waals surface area (Å²) in [4.78, 5) is 136. The molecule has 0 aliphatic rings. The number of hydrogen-bond donors (Lipinski definition) is 33. The molecule has 0 aliphatic carbocycles. The van der Waals surface area contributed by atoms with Crippen LogP contribution in [0.4, 0.5) is 0 Å². The standard InChI is InChI=1S/C93H135N39O12/c1-4-58-64(49-130-46-55(124-127-130)43-115-70(25-13-31-106-88(94)95)79(133)121-76(37-52-40-112-67-22-10-7-19-61(52)67)82(136)118-73(85(139)140)28-16-34-109-91(100)101)59(5-2)66(51-132-48-57(126-129-132)45-117-72(27-15-33-108-90(98)99)81(135)123-78(39-54-42-114-69-24-12-9-21-63(54)69)84(138)120-75(87(143)144)30-18-36-111-93(104)105)60(6-3)65(58)50-131-47-56(125-128-131)44-116-71(26-14-32-107-89(96)97)80(134)122-77(38-53-41-113-68-23-11-8-20-62(53)68)83(137)119-74(86(141)142)29-17-35-110-92(102)103/h7-12,19-24,40-42,46-48,70-78,112-117H,4-6,13-18,25-39,43-45,49-51H2,1-3H3,(H,118,136)(H,119,137)(H,120,138)(H,121,133)(H,122,134)(H,123,135)(H,139,140)(H,141,142)(H,143,144)(H4,94,95,106)(H4,96,97,107)(H4,98,99,108)(H4,100,101,109)(H4,102,103,110)(H4,104,105,111)/t70-,71-,72-,73-,74-,75-,76-,77-,78-/m0/s1. The van der Waals surface area contributed by atoms with E-state index in [0.29, 0.717) is 72.3 Å². The van der Waals surface area contributed by atoms with Crippen LogP contribution in [-0.2, 0) is 121 Å².